The van der Waals surface area contributed by atoms with Crippen molar-refractivity contribution in [2.75, 3.05) is 0 Å². The van der Waals surface area contributed by atoms with E-state index in [-0.39, 0.29) is 12.1 Å². The summed E-state index contributed by atoms with van der Waals surface area (Å²) in [5.41, 5.74) is 0. The minimum Gasteiger partial charge on any atom is -0.454 e. The predicted octanol–water partition coefficient (Wildman–Crippen LogP) is 3.78. The Morgan fingerprint density at radius 3 is 2.76 bits per heavy atom. The van der Waals surface area contributed by atoms with Crippen molar-refractivity contribution in [3.8, 4) is 0 Å². The molecule has 17 heavy (non-hydrogen) atoms. The van der Waals surface area contributed by atoms with E-state index >= 15 is 0 Å². The zero-order valence-corrected chi connectivity index (χ0v) is 10.7. The van der Waals surface area contributed by atoms with Crippen LogP contribution in [0.4, 0.5) is 0 Å². The van der Waals surface area contributed by atoms with Crippen molar-refractivity contribution in [3.63, 3.8) is 0 Å². The first-order valence-corrected chi connectivity index (χ1v) is 6.76. The molecule has 2 rings (SSSR count). The van der Waals surface area contributed by atoms with E-state index in [0.717, 1.165) is 29.1 Å². The van der Waals surface area contributed by atoms with Crippen LogP contribution in [-0.4, -0.2) is 12.1 Å². The van der Waals surface area contributed by atoms with E-state index in [1.165, 1.54) is 0 Å². The number of cyclic esters (lactones) is 1. The van der Waals surface area contributed by atoms with Gasteiger partial charge in [0.05, 0.1) is 0 Å². The molecule has 1 aliphatic rings. The summed E-state index contributed by atoms with van der Waals surface area (Å²) in [6.07, 6.45) is 4.72. The van der Waals surface area contributed by atoms with E-state index in [0.29, 0.717) is 0 Å². The molecule has 0 saturated carbocycles. The van der Waals surface area contributed by atoms with Crippen molar-refractivity contribution in [1.29, 1.82) is 0 Å². The van der Waals surface area contributed by atoms with E-state index in [4.69, 9.17) is 4.74 Å². The number of rotatable bonds is 5. The SMILES string of the molecule is CCCCC1OC(=O)C=C1Sc1ccccc1. The Balaban J connectivity index is 2.02. The first-order valence-electron chi connectivity index (χ1n) is 5.94. The first-order chi connectivity index (χ1) is 8.29. The van der Waals surface area contributed by atoms with E-state index in [9.17, 15) is 4.79 Å². The van der Waals surface area contributed by atoms with Crippen LogP contribution in [0.15, 0.2) is 46.2 Å². The third-order valence-corrected chi connectivity index (χ3v) is 3.76. The number of ether oxygens (including phenoxy) is 1. The molecule has 1 aliphatic heterocycles. The Labute approximate surface area is 106 Å². The van der Waals surface area contributed by atoms with Gasteiger partial charge in [-0.05, 0) is 25.0 Å². The van der Waals surface area contributed by atoms with Gasteiger partial charge in [-0.15, -0.1) is 0 Å². The summed E-state index contributed by atoms with van der Waals surface area (Å²) in [4.78, 5) is 13.5. The van der Waals surface area contributed by atoms with Gasteiger partial charge in [0.1, 0.15) is 6.10 Å². The quantitative estimate of drug-likeness (QED) is 0.742. The minimum absolute atomic E-state index is 0.0346. The Bertz CT molecular complexity index is 411. The van der Waals surface area contributed by atoms with Crippen LogP contribution in [0.2, 0.25) is 0 Å². The summed E-state index contributed by atoms with van der Waals surface area (Å²) in [7, 11) is 0. The average Bonchev–Trinajstić information content (AvgIpc) is 2.68. The highest BCUT2D eigenvalue weighted by atomic mass is 32.2. The molecule has 0 aliphatic carbocycles. The largest absolute Gasteiger partial charge is 0.454 e. The van der Waals surface area contributed by atoms with Crippen LogP contribution in [0.3, 0.4) is 0 Å². The lowest BCUT2D eigenvalue weighted by Crippen LogP contribution is -2.10. The Hall–Kier alpha value is -1.22. The number of hydrogen-bond donors (Lipinski definition) is 0. The summed E-state index contributed by atoms with van der Waals surface area (Å²) < 4.78 is 5.30. The number of thioether (sulfide) groups is 1. The van der Waals surface area contributed by atoms with Crippen LogP contribution in [0, 0.1) is 0 Å². The summed E-state index contributed by atoms with van der Waals surface area (Å²) in [6.45, 7) is 2.14. The van der Waals surface area contributed by atoms with Gasteiger partial charge in [0.15, 0.2) is 0 Å². The molecule has 1 heterocycles. The fourth-order valence-corrected chi connectivity index (χ4v) is 2.77. The highest BCUT2D eigenvalue weighted by Gasteiger charge is 2.26. The van der Waals surface area contributed by atoms with Gasteiger partial charge in [-0.2, -0.15) is 0 Å². The molecule has 0 spiro atoms. The molecular formula is C14H16O2S. The van der Waals surface area contributed by atoms with Crippen molar-refractivity contribution in [3.05, 3.63) is 41.3 Å². The molecule has 1 atom stereocenters. The van der Waals surface area contributed by atoms with Crippen LogP contribution in [-0.2, 0) is 9.53 Å². The van der Waals surface area contributed by atoms with Gasteiger partial charge in [-0.1, -0.05) is 43.3 Å². The normalized spacial score (nSPS) is 19.0. The van der Waals surface area contributed by atoms with Crippen LogP contribution >= 0.6 is 11.8 Å². The molecule has 0 N–H and O–H groups in total. The van der Waals surface area contributed by atoms with Gasteiger partial charge in [-0.25, -0.2) is 4.79 Å². The van der Waals surface area contributed by atoms with E-state index in [1.54, 1.807) is 17.8 Å². The summed E-state index contributed by atoms with van der Waals surface area (Å²) >= 11 is 1.63. The van der Waals surface area contributed by atoms with Crippen LogP contribution < -0.4 is 0 Å². The monoisotopic (exact) mass is 248 g/mol. The lowest BCUT2D eigenvalue weighted by atomic mass is 10.1. The number of hydrogen-bond acceptors (Lipinski definition) is 3. The zero-order valence-electron chi connectivity index (χ0n) is 9.89. The van der Waals surface area contributed by atoms with Gasteiger partial charge in [-0.3, -0.25) is 0 Å². The predicted molar refractivity (Wildman–Crippen MR) is 69.8 cm³/mol. The molecule has 1 aromatic rings. The van der Waals surface area contributed by atoms with Crippen molar-refractivity contribution < 1.29 is 9.53 Å². The molecule has 0 fully saturated rings. The lowest BCUT2D eigenvalue weighted by molar-refractivity contribution is -0.138. The molecule has 1 aromatic carbocycles. The maximum absolute atomic E-state index is 11.3. The topological polar surface area (TPSA) is 26.3 Å². The van der Waals surface area contributed by atoms with E-state index < -0.39 is 0 Å². The molecule has 0 aromatic heterocycles. The lowest BCUT2D eigenvalue weighted by Gasteiger charge is -2.13. The number of carbonyl (C=O) groups excluding carboxylic acids is 1. The average molecular weight is 248 g/mol. The smallest absolute Gasteiger partial charge is 0.332 e. The Morgan fingerprint density at radius 2 is 2.06 bits per heavy atom. The van der Waals surface area contributed by atoms with E-state index in [1.807, 2.05) is 30.3 Å². The Morgan fingerprint density at radius 1 is 1.29 bits per heavy atom. The highest BCUT2D eigenvalue weighted by molar-refractivity contribution is 8.03. The maximum Gasteiger partial charge on any atom is 0.332 e. The van der Waals surface area contributed by atoms with E-state index in [2.05, 4.69) is 6.92 Å². The van der Waals surface area contributed by atoms with Gasteiger partial charge >= 0.3 is 5.97 Å². The fourth-order valence-electron chi connectivity index (χ4n) is 1.75. The third kappa shape index (κ3) is 3.37. The molecule has 1 unspecified atom stereocenters. The molecule has 0 radical (unpaired) electrons. The van der Waals surface area contributed by atoms with Gasteiger partial charge in [0.2, 0.25) is 0 Å². The molecule has 2 nitrogen and oxygen atoms in total. The number of unbranched alkanes of at least 4 members (excludes halogenated alkanes) is 1. The standard InChI is InChI=1S/C14H16O2S/c1-2-3-9-12-13(10-14(15)16-12)17-11-7-5-4-6-8-11/h4-8,10,12H,2-3,9H2,1H3. The zero-order chi connectivity index (χ0) is 12.1. The number of carbonyl (C=O) groups is 1. The third-order valence-electron chi connectivity index (χ3n) is 2.63. The second-order valence-electron chi connectivity index (χ2n) is 4.03. The second kappa shape index (κ2) is 5.92. The maximum atomic E-state index is 11.3. The van der Waals surface area contributed by atoms with Gasteiger partial charge in [0.25, 0.3) is 0 Å². The van der Waals surface area contributed by atoms with Crippen molar-refractivity contribution in [2.45, 2.75) is 37.2 Å². The highest BCUT2D eigenvalue weighted by Crippen LogP contribution is 2.35. The van der Waals surface area contributed by atoms with Crippen LogP contribution in [0.25, 0.3) is 0 Å². The first kappa shape index (κ1) is 12.2. The van der Waals surface area contributed by atoms with Gasteiger partial charge < -0.3 is 4.74 Å². The number of esters is 1. The van der Waals surface area contributed by atoms with Crippen LogP contribution in [0.5, 0.6) is 0 Å². The van der Waals surface area contributed by atoms with Crippen molar-refractivity contribution in [2.24, 2.45) is 0 Å². The molecule has 0 bridgehead atoms. The fraction of sp³-hybridized carbons (Fsp3) is 0.357. The van der Waals surface area contributed by atoms with Gasteiger partial charge in [0, 0.05) is 15.9 Å². The summed E-state index contributed by atoms with van der Waals surface area (Å²) in [5, 5.41) is 0. The molecule has 90 valence electrons. The van der Waals surface area contributed by atoms with Crippen LogP contribution in [0.1, 0.15) is 26.2 Å². The summed E-state index contributed by atoms with van der Waals surface area (Å²) in [6, 6.07) is 10.1. The van der Waals surface area contributed by atoms with Crippen molar-refractivity contribution >= 4 is 17.7 Å². The molecule has 0 amide bonds. The molecule has 0 saturated heterocycles. The minimum atomic E-state index is -0.204. The second-order valence-corrected chi connectivity index (χ2v) is 5.18. The molecular weight excluding hydrogens is 232 g/mol. The Kier molecular flexibility index (Phi) is 4.26. The summed E-state index contributed by atoms with van der Waals surface area (Å²) in [5.74, 6) is -0.204. The number of benzene rings is 1. The van der Waals surface area contributed by atoms with Crippen molar-refractivity contribution in [1.82, 2.24) is 0 Å². The molecule has 3 heteroatoms.